The van der Waals surface area contributed by atoms with E-state index >= 15 is 0 Å². The first-order chi connectivity index (χ1) is 7.89. The number of hydrogen-bond donors (Lipinski definition) is 0. The standard InChI is InChI=1S/C11H11ClIN3S/c1-11(2,3)8-7(13)9(12)16-10(15-8)6-4-17-5-14-6/h4-5H,1-3H3. The quantitative estimate of drug-likeness (QED) is 0.552. The monoisotopic (exact) mass is 379 g/mol. The Balaban J connectivity index is 2.62. The number of hydrogen-bond acceptors (Lipinski definition) is 4. The second-order valence-electron chi connectivity index (χ2n) is 4.62. The maximum atomic E-state index is 6.16. The van der Waals surface area contributed by atoms with Gasteiger partial charge in [-0.15, -0.1) is 11.3 Å². The van der Waals surface area contributed by atoms with E-state index in [0.717, 1.165) is 15.0 Å². The molecule has 0 spiro atoms. The molecule has 0 N–H and O–H groups in total. The molecule has 0 bridgehead atoms. The van der Waals surface area contributed by atoms with Gasteiger partial charge in [0.15, 0.2) is 5.82 Å². The molecule has 0 saturated heterocycles. The maximum Gasteiger partial charge on any atom is 0.180 e. The Labute approximate surface area is 123 Å². The molecule has 17 heavy (non-hydrogen) atoms. The lowest BCUT2D eigenvalue weighted by molar-refractivity contribution is 0.563. The molecule has 0 fully saturated rings. The number of nitrogens with zero attached hydrogens (tertiary/aromatic N) is 3. The second-order valence-corrected chi connectivity index (χ2v) is 6.78. The molecule has 2 heterocycles. The lowest BCUT2D eigenvalue weighted by Crippen LogP contribution is -2.17. The van der Waals surface area contributed by atoms with Crippen LogP contribution >= 0.6 is 45.5 Å². The first-order valence-corrected chi connectivity index (χ1v) is 7.41. The SMILES string of the molecule is CC(C)(C)c1nc(-c2cscn2)nc(Cl)c1I. The summed E-state index contributed by atoms with van der Waals surface area (Å²) in [4.78, 5) is 13.1. The van der Waals surface area contributed by atoms with Crippen LogP contribution in [-0.2, 0) is 5.41 Å². The minimum atomic E-state index is -0.0616. The average Bonchev–Trinajstić information content (AvgIpc) is 2.73. The van der Waals surface area contributed by atoms with Crippen molar-refractivity contribution >= 4 is 45.5 Å². The number of aromatic nitrogens is 3. The molecular formula is C11H11ClIN3S. The minimum Gasteiger partial charge on any atom is -0.241 e. The van der Waals surface area contributed by atoms with E-state index in [0.29, 0.717) is 11.0 Å². The van der Waals surface area contributed by atoms with Crippen molar-refractivity contribution in [2.24, 2.45) is 0 Å². The summed E-state index contributed by atoms with van der Waals surface area (Å²) >= 11 is 9.87. The van der Waals surface area contributed by atoms with Crippen molar-refractivity contribution < 1.29 is 0 Å². The van der Waals surface area contributed by atoms with Crippen molar-refractivity contribution in [2.45, 2.75) is 26.2 Å². The molecule has 2 rings (SSSR count). The zero-order chi connectivity index (χ0) is 12.6. The van der Waals surface area contributed by atoms with E-state index in [1.807, 2.05) is 5.38 Å². The van der Waals surface area contributed by atoms with Gasteiger partial charge in [-0.3, -0.25) is 0 Å². The highest BCUT2D eigenvalue weighted by molar-refractivity contribution is 14.1. The van der Waals surface area contributed by atoms with Crippen LogP contribution in [0.1, 0.15) is 26.5 Å². The van der Waals surface area contributed by atoms with E-state index in [-0.39, 0.29) is 5.41 Å². The average molecular weight is 380 g/mol. The molecule has 0 unspecified atom stereocenters. The lowest BCUT2D eigenvalue weighted by atomic mass is 9.92. The highest BCUT2D eigenvalue weighted by Crippen LogP contribution is 2.31. The lowest BCUT2D eigenvalue weighted by Gasteiger charge is -2.20. The van der Waals surface area contributed by atoms with Gasteiger partial charge in [-0.25, -0.2) is 15.0 Å². The van der Waals surface area contributed by atoms with Crippen molar-refractivity contribution in [3.05, 3.63) is 25.3 Å². The van der Waals surface area contributed by atoms with Crippen LogP contribution in [0.4, 0.5) is 0 Å². The van der Waals surface area contributed by atoms with Gasteiger partial charge >= 0.3 is 0 Å². The summed E-state index contributed by atoms with van der Waals surface area (Å²) < 4.78 is 0.913. The van der Waals surface area contributed by atoms with Gasteiger partial charge in [-0.05, 0) is 22.6 Å². The van der Waals surface area contributed by atoms with Crippen molar-refractivity contribution in [3.8, 4) is 11.5 Å². The van der Waals surface area contributed by atoms with Gasteiger partial charge in [0.05, 0.1) is 14.8 Å². The van der Waals surface area contributed by atoms with Crippen LogP contribution in [0.15, 0.2) is 10.9 Å². The minimum absolute atomic E-state index is 0.0616. The van der Waals surface area contributed by atoms with E-state index in [1.54, 1.807) is 5.51 Å². The van der Waals surface area contributed by atoms with Crippen molar-refractivity contribution in [2.75, 3.05) is 0 Å². The van der Waals surface area contributed by atoms with Crippen molar-refractivity contribution in [3.63, 3.8) is 0 Å². The molecule has 0 aromatic carbocycles. The van der Waals surface area contributed by atoms with Gasteiger partial charge in [0.25, 0.3) is 0 Å². The topological polar surface area (TPSA) is 38.7 Å². The van der Waals surface area contributed by atoms with E-state index < -0.39 is 0 Å². The van der Waals surface area contributed by atoms with E-state index in [2.05, 4.69) is 58.3 Å². The predicted octanol–water partition coefficient (Wildman–Crippen LogP) is 4.16. The fraction of sp³-hybridized carbons (Fsp3) is 0.364. The fourth-order valence-electron chi connectivity index (χ4n) is 1.35. The highest BCUT2D eigenvalue weighted by atomic mass is 127. The number of thiazole rings is 1. The Morgan fingerprint density at radius 3 is 2.53 bits per heavy atom. The van der Waals surface area contributed by atoms with Crippen molar-refractivity contribution in [1.82, 2.24) is 15.0 Å². The largest absolute Gasteiger partial charge is 0.241 e. The fourth-order valence-corrected chi connectivity index (χ4v) is 3.10. The smallest absolute Gasteiger partial charge is 0.180 e. The van der Waals surface area contributed by atoms with Crippen LogP contribution in [0.5, 0.6) is 0 Å². The molecular weight excluding hydrogens is 369 g/mol. The zero-order valence-electron chi connectivity index (χ0n) is 9.66. The number of rotatable bonds is 1. The zero-order valence-corrected chi connectivity index (χ0v) is 13.4. The van der Waals surface area contributed by atoms with Crippen LogP contribution in [-0.4, -0.2) is 15.0 Å². The molecule has 90 valence electrons. The third-order valence-electron chi connectivity index (χ3n) is 2.18. The third kappa shape index (κ3) is 2.77. The van der Waals surface area contributed by atoms with Gasteiger partial charge < -0.3 is 0 Å². The van der Waals surface area contributed by atoms with E-state index in [9.17, 15) is 0 Å². The molecule has 0 aliphatic rings. The summed E-state index contributed by atoms with van der Waals surface area (Å²) in [6.45, 7) is 6.33. The molecule has 2 aromatic rings. The van der Waals surface area contributed by atoms with E-state index in [4.69, 9.17) is 11.6 Å². The summed E-state index contributed by atoms with van der Waals surface area (Å²) in [5.74, 6) is 0.599. The van der Waals surface area contributed by atoms with Gasteiger partial charge in [-0.1, -0.05) is 32.4 Å². The highest BCUT2D eigenvalue weighted by Gasteiger charge is 2.23. The Hall–Kier alpha value is -0.270. The summed E-state index contributed by atoms with van der Waals surface area (Å²) in [6, 6.07) is 0. The summed E-state index contributed by atoms with van der Waals surface area (Å²) in [5, 5.41) is 2.42. The molecule has 2 aromatic heterocycles. The van der Waals surface area contributed by atoms with Crippen LogP contribution in [0.3, 0.4) is 0 Å². The summed E-state index contributed by atoms with van der Waals surface area (Å²) in [7, 11) is 0. The Bertz CT molecular complexity index is 534. The molecule has 3 nitrogen and oxygen atoms in total. The first-order valence-electron chi connectivity index (χ1n) is 5.01. The Morgan fingerprint density at radius 1 is 1.29 bits per heavy atom. The Morgan fingerprint density at radius 2 is 2.00 bits per heavy atom. The normalized spacial score (nSPS) is 11.8. The van der Waals surface area contributed by atoms with Crippen LogP contribution in [0, 0.1) is 3.57 Å². The van der Waals surface area contributed by atoms with Crippen LogP contribution < -0.4 is 0 Å². The van der Waals surface area contributed by atoms with Crippen LogP contribution in [0.2, 0.25) is 5.15 Å². The molecule has 6 heteroatoms. The third-order valence-corrected chi connectivity index (χ3v) is 4.38. The molecule has 0 aliphatic heterocycles. The molecule has 0 atom stereocenters. The maximum absolute atomic E-state index is 6.16. The van der Waals surface area contributed by atoms with Crippen molar-refractivity contribution in [1.29, 1.82) is 0 Å². The summed E-state index contributed by atoms with van der Waals surface area (Å²) in [6.07, 6.45) is 0. The number of halogens is 2. The first kappa shape index (κ1) is 13.2. The van der Waals surface area contributed by atoms with Gasteiger partial charge in [0.1, 0.15) is 10.8 Å². The molecule has 0 saturated carbocycles. The van der Waals surface area contributed by atoms with Gasteiger partial charge in [0.2, 0.25) is 0 Å². The Kier molecular flexibility index (Phi) is 3.70. The van der Waals surface area contributed by atoms with Gasteiger partial charge in [0, 0.05) is 10.8 Å². The van der Waals surface area contributed by atoms with Gasteiger partial charge in [-0.2, -0.15) is 0 Å². The van der Waals surface area contributed by atoms with E-state index in [1.165, 1.54) is 11.3 Å². The van der Waals surface area contributed by atoms with Crippen LogP contribution in [0.25, 0.3) is 11.5 Å². The predicted molar refractivity (Wildman–Crippen MR) is 79.6 cm³/mol. The second kappa shape index (κ2) is 4.78. The molecule has 0 radical (unpaired) electrons. The molecule has 0 amide bonds. The molecule has 0 aliphatic carbocycles. The summed E-state index contributed by atoms with van der Waals surface area (Å²) in [5.41, 5.74) is 3.44.